The third kappa shape index (κ3) is 3.80. The molecule has 94 valence electrons. The van der Waals surface area contributed by atoms with Crippen molar-refractivity contribution in [2.45, 2.75) is 25.9 Å². The number of hydrogen-bond acceptors (Lipinski definition) is 3. The van der Waals surface area contributed by atoms with Gasteiger partial charge < -0.3 is 10.4 Å². The molecule has 0 amide bonds. The molecule has 0 bridgehead atoms. The summed E-state index contributed by atoms with van der Waals surface area (Å²) in [6.45, 7) is 6.34. The van der Waals surface area contributed by atoms with Crippen LogP contribution < -0.4 is 5.32 Å². The molecule has 1 aromatic carbocycles. The molecule has 1 aromatic rings. The van der Waals surface area contributed by atoms with E-state index in [0.717, 1.165) is 19.6 Å². The predicted molar refractivity (Wildman–Crippen MR) is 69.9 cm³/mol. The molecule has 3 nitrogen and oxygen atoms in total. The lowest BCUT2D eigenvalue weighted by Gasteiger charge is -2.16. The fourth-order valence-corrected chi connectivity index (χ4v) is 2.36. The molecule has 0 spiro atoms. The fraction of sp³-hybridized carbons (Fsp3) is 0.571. The Labute approximate surface area is 103 Å². The number of rotatable bonds is 5. The number of aryl methyl sites for hydroxylation is 1. The van der Waals surface area contributed by atoms with Crippen molar-refractivity contribution in [1.82, 2.24) is 10.2 Å². The molecule has 1 atom stereocenters. The number of nitrogens with zero attached hydrogens (tertiary/aromatic N) is 1. The van der Waals surface area contributed by atoms with E-state index in [1.807, 2.05) is 0 Å². The molecule has 0 radical (unpaired) electrons. The zero-order valence-corrected chi connectivity index (χ0v) is 10.5. The van der Waals surface area contributed by atoms with E-state index in [-0.39, 0.29) is 6.61 Å². The monoisotopic (exact) mass is 234 g/mol. The molecule has 1 saturated heterocycles. The first-order chi connectivity index (χ1) is 8.28. The molecule has 2 rings (SSSR count). The standard InChI is InChI=1S/C14H22N2O/c1-12-2-4-13(5-3-12)10-16-8-6-14(11-16)15-7-9-17/h2-5,14-15,17H,6-11H2,1H3. The van der Waals surface area contributed by atoms with Gasteiger partial charge in [-0.25, -0.2) is 0 Å². The smallest absolute Gasteiger partial charge is 0.0556 e. The van der Waals surface area contributed by atoms with Gasteiger partial charge in [0.25, 0.3) is 0 Å². The average Bonchev–Trinajstić information content (AvgIpc) is 2.77. The van der Waals surface area contributed by atoms with Crippen LogP contribution in [-0.2, 0) is 6.54 Å². The van der Waals surface area contributed by atoms with E-state index in [2.05, 4.69) is 41.4 Å². The summed E-state index contributed by atoms with van der Waals surface area (Å²) in [6.07, 6.45) is 1.19. The Morgan fingerprint density at radius 2 is 2.12 bits per heavy atom. The predicted octanol–water partition coefficient (Wildman–Crippen LogP) is 1.15. The van der Waals surface area contributed by atoms with Crippen LogP contribution in [0.3, 0.4) is 0 Å². The van der Waals surface area contributed by atoms with E-state index in [1.165, 1.54) is 17.5 Å². The van der Waals surface area contributed by atoms with Crippen LogP contribution in [0, 0.1) is 6.92 Å². The molecule has 17 heavy (non-hydrogen) atoms. The minimum atomic E-state index is 0.231. The van der Waals surface area contributed by atoms with E-state index in [9.17, 15) is 0 Å². The Morgan fingerprint density at radius 1 is 1.35 bits per heavy atom. The molecule has 1 heterocycles. The fourth-order valence-electron chi connectivity index (χ4n) is 2.36. The number of aliphatic hydroxyl groups is 1. The molecule has 1 unspecified atom stereocenters. The van der Waals surface area contributed by atoms with Gasteiger partial charge in [0.2, 0.25) is 0 Å². The van der Waals surface area contributed by atoms with E-state index >= 15 is 0 Å². The number of likely N-dealkylation sites (tertiary alicyclic amines) is 1. The van der Waals surface area contributed by atoms with Crippen molar-refractivity contribution < 1.29 is 5.11 Å². The highest BCUT2D eigenvalue weighted by Crippen LogP contribution is 2.13. The normalized spacial score (nSPS) is 20.9. The zero-order chi connectivity index (χ0) is 12.1. The lowest BCUT2D eigenvalue weighted by Crippen LogP contribution is -2.34. The molecule has 0 aliphatic carbocycles. The van der Waals surface area contributed by atoms with Crippen LogP contribution in [0.2, 0.25) is 0 Å². The molecule has 1 aliphatic rings. The van der Waals surface area contributed by atoms with Gasteiger partial charge in [0.1, 0.15) is 0 Å². The summed E-state index contributed by atoms with van der Waals surface area (Å²) in [4.78, 5) is 2.47. The van der Waals surface area contributed by atoms with Gasteiger partial charge in [-0.15, -0.1) is 0 Å². The number of aliphatic hydroxyl groups excluding tert-OH is 1. The molecule has 1 fully saturated rings. The summed E-state index contributed by atoms with van der Waals surface area (Å²) in [5, 5.41) is 12.1. The van der Waals surface area contributed by atoms with Crippen molar-refractivity contribution in [3.05, 3.63) is 35.4 Å². The Hall–Kier alpha value is -0.900. The number of benzene rings is 1. The second kappa shape index (κ2) is 6.15. The lowest BCUT2D eigenvalue weighted by molar-refractivity contribution is 0.278. The number of nitrogens with one attached hydrogen (secondary N) is 1. The number of hydrogen-bond donors (Lipinski definition) is 2. The van der Waals surface area contributed by atoms with Crippen molar-refractivity contribution in [3.8, 4) is 0 Å². The van der Waals surface area contributed by atoms with Crippen molar-refractivity contribution in [2.24, 2.45) is 0 Å². The molecule has 0 saturated carbocycles. The lowest BCUT2D eigenvalue weighted by atomic mass is 10.1. The topological polar surface area (TPSA) is 35.5 Å². The Kier molecular flexibility index (Phi) is 4.54. The van der Waals surface area contributed by atoms with Gasteiger partial charge in [-0.05, 0) is 18.9 Å². The van der Waals surface area contributed by atoms with Crippen LogP contribution >= 0.6 is 0 Å². The summed E-state index contributed by atoms with van der Waals surface area (Å²) >= 11 is 0. The molecular formula is C14H22N2O. The van der Waals surface area contributed by atoms with Gasteiger partial charge in [0.05, 0.1) is 6.61 Å². The van der Waals surface area contributed by atoms with E-state index in [0.29, 0.717) is 12.6 Å². The maximum atomic E-state index is 8.78. The first-order valence-electron chi connectivity index (χ1n) is 6.40. The molecule has 3 heteroatoms. The van der Waals surface area contributed by atoms with E-state index < -0.39 is 0 Å². The van der Waals surface area contributed by atoms with Crippen LogP contribution in [0.4, 0.5) is 0 Å². The van der Waals surface area contributed by atoms with Crippen LogP contribution in [0.5, 0.6) is 0 Å². The second-order valence-electron chi connectivity index (χ2n) is 4.88. The highest BCUT2D eigenvalue weighted by atomic mass is 16.3. The van der Waals surface area contributed by atoms with Gasteiger partial charge in [-0.3, -0.25) is 4.90 Å². The Bertz CT molecular complexity index is 337. The SMILES string of the molecule is Cc1ccc(CN2CCC(NCCO)C2)cc1. The van der Waals surface area contributed by atoms with Gasteiger partial charge >= 0.3 is 0 Å². The summed E-state index contributed by atoms with van der Waals surface area (Å²) in [5.41, 5.74) is 2.70. The first-order valence-corrected chi connectivity index (χ1v) is 6.40. The zero-order valence-electron chi connectivity index (χ0n) is 10.5. The summed E-state index contributed by atoms with van der Waals surface area (Å²) < 4.78 is 0. The molecule has 2 N–H and O–H groups in total. The molecular weight excluding hydrogens is 212 g/mol. The van der Waals surface area contributed by atoms with Crippen molar-refractivity contribution in [2.75, 3.05) is 26.2 Å². The Balaban J connectivity index is 1.79. The van der Waals surface area contributed by atoms with Gasteiger partial charge in [-0.1, -0.05) is 29.8 Å². The highest BCUT2D eigenvalue weighted by Gasteiger charge is 2.21. The van der Waals surface area contributed by atoms with Gasteiger partial charge in [0.15, 0.2) is 0 Å². The van der Waals surface area contributed by atoms with Crippen molar-refractivity contribution >= 4 is 0 Å². The summed E-state index contributed by atoms with van der Waals surface area (Å²) in [5.74, 6) is 0. The quantitative estimate of drug-likeness (QED) is 0.802. The second-order valence-corrected chi connectivity index (χ2v) is 4.88. The largest absolute Gasteiger partial charge is 0.395 e. The maximum absolute atomic E-state index is 8.78. The maximum Gasteiger partial charge on any atom is 0.0556 e. The molecule has 0 aromatic heterocycles. The average molecular weight is 234 g/mol. The van der Waals surface area contributed by atoms with Crippen molar-refractivity contribution in [3.63, 3.8) is 0 Å². The molecule has 1 aliphatic heterocycles. The van der Waals surface area contributed by atoms with Gasteiger partial charge in [-0.2, -0.15) is 0 Å². The summed E-state index contributed by atoms with van der Waals surface area (Å²) in [7, 11) is 0. The summed E-state index contributed by atoms with van der Waals surface area (Å²) in [6, 6.07) is 9.32. The van der Waals surface area contributed by atoms with Crippen LogP contribution in [-0.4, -0.2) is 42.3 Å². The highest BCUT2D eigenvalue weighted by molar-refractivity contribution is 5.21. The van der Waals surface area contributed by atoms with Crippen LogP contribution in [0.25, 0.3) is 0 Å². The third-order valence-electron chi connectivity index (χ3n) is 3.34. The van der Waals surface area contributed by atoms with E-state index in [1.54, 1.807) is 0 Å². The van der Waals surface area contributed by atoms with Crippen molar-refractivity contribution in [1.29, 1.82) is 0 Å². The minimum Gasteiger partial charge on any atom is -0.395 e. The van der Waals surface area contributed by atoms with Crippen LogP contribution in [0.15, 0.2) is 24.3 Å². The van der Waals surface area contributed by atoms with Crippen LogP contribution in [0.1, 0.15) is 17.5 Å². The van der Waals surface area contributed by atoms with E-state index in [4.69, 9.17) is 5.11 Å². The van der Waals surface area contributed by atoms with Gasteiger partial charge in [0, 0.05) is 32.2 Å². The third-order valence-corrected chi connectivity index (χ3v) is 3.34. The Morgan fingerprint density at radius 3 is 2.82 bits per heavy atom. The first kappa shape index (κ1) is 12.6. The minimum absolute atomic E-state index is 0.231.